The Hall–Kier alpha value is -2.59. The number of rotatable bonds is 4. The van der Waals surface area contributed by atoms with E-state index in [9.17, 15) is 14.4 Å². The average molecular weight is 537 g/mol. The molecule has 4 heterocycles. The predicted molar refractivity (Wildman–Crippen MR) is 143 cm³/mol. The van der Waals surface area contributed by atoms with Gasteiger partial charge in [0.1, 0.15) is 10.4 Å². The summed E-state index contributed by atoms with van der Waals surface area (Å²) in [6.07, 6.45) is 2.79. The first kappa shape index (κ1) is 25.5. The molecular weight excluding hydrogens is 511 g/mol. The number of aromatic nitrogens is 3. The third-order valence-electron chi connectivity index (χ3n) is 7.25. The van der Waals surface area contributed by atoms with Gasteiger partial charge in [-0.15, -0.1) is 36.2 Å². The lowest BCUT2D eigenvalue weighted by molar-refractivity contribution is 0.371. The van der Waals surface area contributed by atoms with Crippen LogP contribution in [0.2, 0.25) is 0 Å². The van der Waals surface area contributed by atoms with Gasteiger partial charge in [0.15, 0.2) is 0 Å². The Balaban J connectivity index is 0.00000144. The summed E-state index contributed by atoms with van der Waals surface area (Å²) in [5.74, 6) is 1.83. The molecule has 0 spiro atoms. The Morgan fingerprint density at radius 3 is 2.71 bits per heavy atom. The van der Waals surface area contributed by atoms with E-state index in [0.29, 0.717) is 40.5 Å². The van der Waals surface area contributed by atoms with Gasteiger partial charge in [0.2, 0.25) is 5.56 Å². The fourth-order valence-electron chi connectivity index (χ4n) is 5.74. The summed E-state index contributed by atoms with van der Waals surface area (Å²) >= 11 is 1.29. The Bertz CT molecular complexity index is 1570. The molecule has 0 bridgehead atoms. The highest BCUT2D eigenvalue weighted by molar-refractivity contribution is 7.25. The van der Waals surface area contributed by atoms with Crippen molar-refractivity contribution in [3.8, 4) is 5.75 Å². The van der Waals surface area contributed by atoms with Crippen LogP contribution in [0.15, 0.2) is 44.7 Å². The molecule has 1 unspecified atom stereocenters. The van der Waals surface area contributed by atoms with Gasteiger partial charge >= 0.3 is 5.69 Å². The smallest absolute Gasteiger partial charge is 0.328 e. The minimum atomic E-state index is -0.447. The number of hydrogen-bond acceptors (Lipinski definition) is 6. The van der Waals surface area contributed by atoms with Gasteiger partial charge < -0.3 is 20.0 Å². The number of benzene rings is 1. The summed E-state index contributed by atoms with van der Waals surface area (Å²) in [5, 5.41) is 3.65. The number of fused-ring (bicyclic) bond motifs is 6. The van der Waals surface area contributed by atoms with Crippen molar-refractivity contribution >= 4 is 56.6 Å². The molecular formula is C24H26Cl2N4O4S. The Labute approximate surface area is 216 Å². The summed E-state index contributed by atoms with van der Waals surface area (Å²) in [6, 6.07) is 9.54. The molecule has 6 rings (SSSR count). The van der Waals surface area contributed by atoms with Crippen molar-refractivity contribution in [2.45, 2.75) is 37.8 Å². The second-order valence-electron chi connectivity index (χ2n) is 8.91. The molecule has 0 saturated carbocycles. The van der Waals surface area contributed by atoms with Crippen molar-refractivity contribution in [1.82, 2.24) is 19.9 Å². The molecule has 0 radical (unpaired) electrons. The maximum atomic E-state index is 13.2. The lowest BCUT2D eigenvalue weighted by atomic mass is 9.73. The summed E-state index contributed by atoms with van der Waals surface area (Å²) in [5.41, 5.74) is 2.51. The minimum absolute atomic E-state index is 0. The number of pyridine rings is 1. The van der Waals surface area contributed by atoms with Gasteiger partial charge in [0.25, 0.3) is 5.56 Å². The molecule has 3 N–H and O–H groups in total. The fraction of sp³-hybridized carbons (Fsp3) is 0.375. The van der Waals surface area contributed by atoms with Crippen LogP contribution in [0.1, 0.15) is 29.9 Å². The van der Waals surface area contributed by atoms with Crippen molar-refractivity contribution in [2.75, 3.05) is 13.7 Å². The normalized spacial score (nSPS) is 20.7. The molecule has 1 saturated heterocycles. The maximum Gasteiger partial charge on any atom is 0.328 e. The van der Waals surface area contributed by atoms with Gasteiger partial charge in [0.05, 0.1) is 22.8 Å². The van der Waals surface area contributed by atoms with E-state index >= 15 is 0 Å². The van der Waals surface area contributed by atoms with Crippen LogP contribution >= 0.6 is 36.2 Å². The zero-order valence-corrected chi connectivity index (χ0v) is 21.4. The van der Waals surface area contributed by atoms with Crippen molar-refractivity contribution in [1.29, 1.82) is 0 Å². The second-order valence-corrected chi connectivity index (χ2v) is 9.96. The highest BCUT2D eigenvalue weighted by Gasteiger charge is 2.40. The van der Waals surface area contributed by atoms with E-state index in [0.717, 1.165) is 29.8 Å². The van der Waals surface area contributed by atoms with Gasteiger partial charge in [-0.25, -0.2) is 4.79 Å². The molecule has 4 aromatic rings. The SMILES string of the molecule is COc1cccc2c1CC[C@H]1CNC(CCn3c(=O)[nH]c4c(sc5ccc(=O)[nH]c54)c3=O)[C@@H]21.Cl.Cl. The van der Waals surface area contributed by atoms with E-state index in [2.05, 4.69) is 21.4 Å². The van der Waals surface area contributed by atoms with E-state index in [1.54, 1.807) is 13.2 Å². The molecule has 35 heavy (non-hydrogen) atoms. The highest BCUT2D eigenvalue weighted by Crippen LogP contribution is 2.45. The first-order valence-electron chi connectivity index (χ1n) is 11.2. The molecule has 1 aliphatic carbocycles. The lowest BCUT2D eigenvalue weighted by Crippen LogP contribution is -2.37. The molecule has 11 heteroatoms. The van der Waals surface area contributed by atoms with Crippen LogP contribution < -0.4 is 26.9 Å². The Morgan fingerprint density at radius 2 is 1.91 bits per heavy atom. The molecule has 3 atom stereocenters. The standard InChI is InChI=1S/C24H24N4O4S.2ClH/c1-32-16-4-2-3-14-13(16)6-5-12-11-25-15(19(12)14)9-10-28-23(30)22-21(27-24(28)31)20-17(33-22)7-8-18(29)26-20;;/h2-4,7-8,12,15,19,25H,5-6,9-11H2,1H3,(H,26,29)(H,27,31);2*1H/t12-,15?,19+;;/m0../s1. The largest absolute Gasteiger partial charge is 0.496 e. The molecule has 8 nitrogen and oxygen atoms in total. The molecule has 1 aliphatic heterocycles. The second kappa shape index (κ2) is 9.81. The van der Waals surface area contributed by atoms with Crippen molar-refractivity contribution in [2.24, 2.45) is 5.92 Å². The van der Waals surface area contributed by atoms with E-state index in [-0.39, 0.29) is 42.0 Å². The number of thiophene rings is 1. The number of aromatic amines is 2. The van der Waals surface area contributed by atoms with Crippen LogP contribution in [0, 0.1) is 5.92 Å². The molecule has 2 aliphatic rings. The Kier molecular flexibility index (Phi) is 7.15. The molecule has 0 amide bonds. The van der Waals surface area contributed by atoms with E-state index in [4.69, 9.17) is 4.74 Å². The topological polar surface area (TPSA) is 109 Å². The molecule has 1 aromatic carbocycles. The van der Waals surface area contributed by atoms with Crippen LogP contribution in [0.5, 0.6) is 5.75 Å². The van der Waals surface area contributed by atoms with Crippen LogP contribution in [-0.2, 0) is 13.0 Å². The average Bonchev–Trinajstić information content (AvgIpc) is 3.40. The van der Waals surface area contributed by atoms with Gasteiger partial charge in [0, 0.05) is 24.6 Å². The molecule has 3 aromatic heterocycles. The van der Waals surface area contributed by atoms with Crippen LogP contribution in [0.4, 0.5) is 0 Å². The number of hydrogen-bond donors (Lipinski definition) is 3. The van der Waals surface area contributed by atoms with Crippen molar-refractivity contribution in [3.05, 3.63) is 72.7 Å². The van der Waals surface area contributed by atoms with Gasteiger partial charge in [-0.05, 0) is 55.0 Å². The Morgan fingerprint density at radius 1 is 1.09 bits per heavy atom. The number of methoxy groups -OCH3 is 1. The summed E-state index contributed by atoms with van der Waals surface area (Å²) < 4.78 is 8.11. The first-order valence-corrected chi connectivity index (χ1v) is 12.0. The monoisotopic (exact) mass is 536 g/mol. The van der Waals surface area contributed by atoms with Gasteiger partial charge in [-0.1, -0.05) is 12.1 Å². The summed E-state index contributed by atoms with van der Waals surface area (Å²) in [6.45, 7) is 1.27. The van der Waals surface area contributed by atoms with Crippen LogP contribution in [-0.4, -0.2) is 34.2 Å². The third-order valence-corrected chi connectivity index (χ3v) is 8.39. The third kappa shape index (κ3) is 4.10. The quantitative estimate of drug-likeness (QED) is 0.371. The number of nitrogens with zero attached hydrogens (tertiary/aromatic N) is 1. The minimum Gasteiger partial charge on any atom is -0.496 e. The number of ether oxygens (including phenoxy) is 1. The summed E-state index contributed by atoms with van der Waals surface area (Å²) in [4.78, 5) is 43.3. The number of H-pyrrole nitrogens is 2. The number of halogens is 2. The van der Waals surface area contributed by atoms with Crippen molar-refractivity contribution < 1.29 is 4.74 Å². The van der Waals surface area contributed by atoms with Crippen LogP contribution in [0.3, 0.4) is 0 Å². The first-order chi connectivity index (χ1) is 16.0. The maximum absolute atomic E-state index is 13.2. The summed E-state index contributed by atoms with van der Waals surface area (Å²) in [7, 11) is 1.71. The zero-order chi connectivity index (χ0) is 22.7. The van der Waals surface area contributed by atoms with E-state index < -0.39 is 5.69 Å². The molecule has 186 valence electrons. The molecule has 1 fully saturated rings. The zero-order valence-electron chi connectivity index (χ0n) is 19.0. The van der Waals surface area contributed by atoms with Crippen molar-refractivity contribution in [3.63, 3.8) is 0 Å². The van der Waals surface area contributed by atoms with Crippen LogP contribution in [0.25, 0.3) is 20.4 Å². The van der Waals surface area contributed by atoms with Gasteiger partial charge in [-0.2, -0.15) is 0 Å². The fourth-order valence-corrected chi connectivity index (χ4v) is 6.80. The van der Waals surface area contributed by atoms with Gasteiger partial charge in [-0.3, -0.25) is 14.2 Å². The van der Waals surface area contributed by atoms with E-state index in [1.807, 2.05) is 12.1 Å². The highest BCUT2D eigenvalue weighted by atomic mass is 35.5. The number of nitrogens with one attached hydrogen (secondary N) is 3. The predicted octanol–water partition coefficient (Wildman–Crippen LogP) is 3.15. The van der Waals surface area contributed by atoms with E-state index in [1.165, 1.54) is 33.1 Å². The lowest BCUT2D eigenvalue weighted by Gasteiger charge is -2.32.